The normalized spacial score (nSPS) is 12.6. The van der Waals surface area contributed by atoms with Gasteiger partial charge in [-0.3, -0.25) is 0 Å². The van der Waals surface area contributed by atoms with Gasteiger partial charge in [0.15, 0.2) is 5.22 Å². The van der Waals surface area contributed by atoms with E-state index in [-0.39, 0.29) is 6.04 Å². The fourth-order valence-corrected chi connectivity index (χ4v) is 1.86. The van der Waals surface area contributed by atoms with E-state index in [9.17, 15) is 0 Å². The Balaban J connectivity index is 1.93. The molecule has 1 heterocycles. The number of nitrogens with one attached hydrogen (secondary N) is 1. The molecule has 0 spiro atoms. The van der Waals surface area contributed by atoms with Crippen molar-refractivity contribution in [3.05, 3.63) is 58.0 Å². The van der Waals surface area contributed by atoms with Crippen molar-refractivity contribution in [2.45, 2.75) is 19.5 Å². The molecule has 4 heteroatoms. The number of hydrogen-bond donors (Lipinski definition) is 1. The van der Waals surface area contributed by atoms with Crippen LogP contribution < -0.4 is 5.32 Å². The number of furan rings is 1. The molecule has 2 rings (SSSR count). The van der Waals surface area contributed by atoms with Gasteiger partial charge in [-0.25, -0.2) is 0 Å². The van der Waals surface area contributed by atoms with Crippen LogP contribution in [0.4, 0.5) is 0 Å². The van der Waals surface area contributed by atoms with E-state index < -0.39 is 0 Å². The van der Waals surface area contributed by atoms with E-state index in [2.05, 4.69) is 12.2 Å². The Morgan fingerprint density at radius 1 is 1.12 bits per heavy atom. The molecule has 1 aromatic carbocycles. The van der Waals surface area contributed by atoms with Crippen molar-refractivity contribution >= 4 is 23.2 Å². The number of hydrogen-bond acceptors (Lipinski definition) is 2. The third kappa shape index (κ3) is 3.50. The van der Waals surface area contributed by atoms with Gasteiger partial charge in [-0.2, -0.15) is 0 Å². The first-order valence-electron chi connectivity index (χ1n) is 5.38. The first kappa shape index (κ1) is 12.5. The molecule has 1 aromatic heterocycles. The second kappa shape index (κ2) is 5.58. The third-order valence-electron chi connectivity index (χ3n) is 2.58. The highest BCUT2D eigenvalue weighted by atomic mass is 35.5. The van der Waals surface area contributed by atoms with E-state index in [4.69, 9.17) is 27.6 Å². The van der Waals surface area contributed by atoms with Crippen LogP contribution in [0.2, 0.25) is 10.2 Å². The minimum atomic E-state index is 0.233. The smallest absolute Gasteiger partial charge is 0.193 e. The van der Waals surface area contributed by atoms with Crippen molar-refractivity contribution in [3.63, 3.8) is 0 Å². The lowest BCUT2D eigenvalue weighted by Crippen LogP contribution is -2.17. The van der Waals surface area contributed by atoms with Gasteiger partial charge in [0, 0.05) is 11.1 Å². The van der Waals surface area contributed by atoms with Crippen LogP contribution in [0.3, 0.4) is 0 Å². The molecule has 1 N–H and O–H groups in total. The quantitative estimate of drug-likeness (QED) is 0.888. The van der Waals surface area contributed by atoms with Gasteiger partial charge in [0.25, 0.3) is 0 Å². The maximum Gasteiger partial charge on any atom is 0.193 e. The largest absolute Gasteiger partial charge is 0.448 e. The van der Waals surface area contributed by atoms with E-state index in [1.165, 1.54) is 5.56 Å². The van der Waals surface area contributed by atoms with Crippen LogP contribution in [-0.4, -0.2) is 0 Å². The van der Waals surface area contributed by atoms with Gasteiger partial charge in [0.2, 0.25) is 0 Å². The van der Waals surface area contributed by atoms with Crippen molar-refractivity contribution in [2.75, 3.05) is 0 Å². The zero-order chi connectivity index (χ0) is 12.3. The standard InChI is InChI=1S/C13H13Cl2NO/c1-9(10-2-4-11(14)5-3-10)16-8-12-6-7-13(15)17-12/h2-7,9,16H,8H2,1H3/t9-/m1/s1. The zero-order valence-electron chi connectivity index (χ0n) is 9.41. The Labute approximate surface area is 111 Å². The molecule has 0 aliphatic heterocycles. The van der Waals surface area contributed by atoms with Crippen LogP contribution in [0.25, 0.3) is 0 Å². The maximum absolute atomic E-state index is 5.84. The summed E-state index contributed by atoms with van der Waals surface area (Å²) in [5.74, 6) is 0.829. The second-order valence-corrected chi connectivity index (χ2v) is 4.67. The summed E-state index contributed by atoms with van der Waals surface area (Å²) in [6.07, 6.45) is 0. The summed E-state index contributed by atoms with van der Waals surface area (Å²) in [6, 6.07) is 11.6. The molecule has 2 nitrogen and oxygen atoms in total. The summed E-state index contributed by atoms with van der Waals surface area (Å²) in [6.45, 7) is 2.74. The second-order valence-electron chi connectivity index (χ2n) is 3.86. The fraction of sp³-hybridized carbons (Fsp3) is 0.231. The molecule has 90 valence electrons. The Morgan fingerprint density at radius 2 is 1.82 bits per heavy atom. The summed E-state index contributed by atoms with van der Waals surface area (Å²) in [7, 11) is 0. The fourth-order valence-electron chi connectivity index (χ4n) is 1.57. The predicted octanol–water partition coefficient (Wildman–Crippen LogP) is 4.44. The van der Waals surface area contributed by atoms with Crippen molar-refractivity contribution in [3.8, 4) is 0 Å². The topological polar surface area (TPSA) is 25.2 Å². The number of rotatable bonds is 4. The van der Waals surface area contributed by atoms with Gasteiger partial charge in [-0.1, -0.05) is 23.7 Å². The van der Waals surface area contributed by atoms with Gasteiger partial charge < -0.3 is 9.73 Å². The molecule has 1 atom stereocenters. The van der Waals surface area contributed by atoms with Gasteiger partial charge in [0.05, 0.1) is 6.54 Å². The summed E-state index contributed by atoms with van der Waals surface area (Å²) in [5.41, 5.74) is 1.19. The number of benzene rings is 1. The van der Waals surface area contributed by atoms with Crippen molar-refractivity contribution in [1.82, 2.24) is 5.32 Å². The van der Waals surface area contributed by atoms with Gasteiger partial charge in [-0.05, 0) is 48.4 Å². The molecule has 0 saturated carbocycles. The molecule has 0 bridgehead atoms. The van der Waals surface area contributed by atoms with E-state index in [1.54, 1.807) is 6.07 Å². The molecule has 0 saturated heterocycles. The molecule has 2 aromatic rings. The predicted molar refractivity (Wildman–Crippen MR) is 70.4 cm³/mol. The molecule has 0 fully saturated rings. The first-order valence-corrected chi connectivity index (χ1v) is 6.14. The van der Waals surface area contributed by atoms with E-state index in [0.717, 1.165) is 10.8 Å². The zero-order valence-corrected chi connectivity index (χ0v) is 10.9. The average Bonchev–Trinajstić information content (AvgIpc) is 2.73. The van der Waals surface area contributed by atoms with Crippen molar-refractivity contribution < 1.29 is 4.42 Å². The third-order valence-corrected chi connectivity index (χ3v) is 3.04. The summed E-state index contributed by atoms with van der Waals surface area (Å²) >= 11 is 11.5. The van der Waals surface area contributed by atoms with Crippen LogP contribution in [0.1, 0.15) is 24.3 Å². The number of halogens is 2. The lowest BCUT2D eigenvalue weighted by molar-refractivity contribution is 0.462. The minimum absolute atomic E-state index is 0.233. The molecule has 17 heavy (non-hydrogen) atoms. The molecule has 0 amide bonds. The molecule has 0 unspecified atom stereocenters. The maximum atomic E-state index is 5.84. The highest BCUT2D eigenvalue weighted by molar-refractivity contribution is 6.30. The molecule has 0 aliphatic rings. The molecular formula is C13H13Cl2NO. The van der Waals surface area contributed by atoms with Gasteiger partial charge in [0.1, 0.15) is 5.76 Å². The van der Waals surface area contributed by atoms with Crippen LogP contribution in [-0.2, 0) is 6.54 Å². The summed E-state index contributed by atoms with van der Waals surface area (Å²) in [4.78, 5) is 0. The van der Waals surface area contributed by atoms with E-state index in [1.807, 2.05) is 30.3 Å². The Kier molecular flexibility index (Phi) is 4.11. The molecular weight excluding hydrogens is 257 g/mol. The highest BCUT2D eigenvalue weighted by Crippen LogP contribution is 2.18. The van der Waals surface area contributed by atoms with E-state index >= 15 is 0 Å². The first-order chi connectivity index (χ1) is 8.15. The lowest BCUT2D eigenvalue weighted by Gasteiger charge is -2.13. The lowest BCUT2D eigenvalue weighted by atomic mass is 10.1. The Morgan fingerprint density at radius 3 is 2.41 bits per heavy atom. The van der Waals surface area contributed by atoms with Crippen LogP contribution in [0.5, 0.6) is 0 Å². The SMILES string of the molecule is C[C@@H](NCc1ccc(Cl)o1)c1ccc(Cl)cc1. The Hall–Kier alpha value is -0.960. The Bertz CT molecular complexity index is 478. The van der Waals surface area contributed by atoms with E-state index in [0.29, 0.717) is 11.8 Å². The average molecular weight is 270 g/mol. The van der Waals surface area contributed by atoms with Crippen LogP contribution >= 0.6 is 23.2 Å². The summed E-state index contributed by atoms with van der Waals surface area (Å²) < 4.78 is 5.27. The monoisotopic (exact) mass is 269 g/mol. The summed E-state index contributed by atoms with van der Waals surface area (Å²) in [5, 5.41) is 4.52. The van der Waals surface area contributed by atoms with Crippen LogP contribution in [0, 0.1) is 0 Å². The minimum Gasteiger partial charge on any atom is -0.448 e. The van der Waals surface area contributed by atoms with Crippen LogP contribution in [0.15, 0.2) is 40.8 Å². The van der Waals surface area contributed by atoms with Crippen molar-refractivity contribution in [2.24, 2.45) is 0 Å². The van der Waals surface area contributed by atoms with Crippen molar-refractivity contribution in [1.29, 1.82) is 0 Å². The highest BCUT2D eigenvalue weighted by Gasteiger charge is 2.06. The molecule has 0 radical (unpaired) electrons. The van der Waals surface area contributed by atoms with Gasteiger partial charge >= 0.3 is 0 Å². The van der Waals surface area contributed by atoms with Gasteiger partial charge in [-0.15, -0.1) is 0 Å². The molecule has 0 aliphatic carbocycles.